The summed E-state index contributed by atoms with van der Waals surface area (Å²) in [5.74, 6) is 0.701. The van der Waals surface area contributed by atoms with Crippen molar-refractivity contribution in [3.63, 3.8) is 0 Å². The van der Waals surface area contributed by atoms with Crippen molar-refractivity contribution in [1.82, 2.24) is 15.0 Å². The molecule has 0 spiro atoms. The fourth-order valence-corrected chi connectivity index (χ4v) is 4.44. The van der Waals surface area contributed by atoms with E-state index in [0.29, 0.717) is 34.7 Å². The van der Waals surface area contributed by atoms with Crippen LogP contribution in [0.5, 0.6) is 0 Å². The highest BCUT2D eigenvalue weighted by Crippen LogP contribution is 2.36. The highest BCUT2D eigenvalue weighted by atomic mass is 32.2. The Morgan fingerprint density at radius 1 is 1.15 bits per heavy atom. The molecule has 0 saturated heterocycles. The first-order chi connectivity index (χ1) is 12.3. The first-order valence-corrected chi connectivity index (χ1v) is 10.7. The van der Waals surface area contributed by atoms with Crippen LogP contribution in [0.1, 0.15) is 17.5 Å². The molecule has 0 bridgehead atoms. The maximum absolute atomic E-state index is 11.7. The maximum Gasteiger partial charge on any atom is 0.325 e. The van der Waals surface area contributed by atoms with E-state index >= 15 is 0 Å². The molecule has 0 saturated carbocycles. The number of nitrogen functional groups attached to an aromatic ring is 1. The van der Waals surface area contributed by atoms with Gasteiger partial charge in [0.25, 0.3) is 0 Å². The van der Waals surface area contributed by atoms with Crippen molar-refractivity contribution >= 4 is 36.2 Å². The number of nitrogens with zero attached hydrogens (tertiary/aromatic N) is 1. The van der Waals surface area contributed by atoms with Gasteiger partial charge in [-0.05, 0) is 12.0 Å². The number of thioether (sulfide) groups is 1. The Balaban J connectivity index is 1.94. The molecule has 8 nitrogen and oxygen atoms in total. The molecule has 0 aliphatic heterocycles. The maximum atomic E-state index is 11.7. The number of rotatable bonds is 7. The molecule has 138 valence electrons. The highest BCUT2D eigenvalue weighted by Gasteiger charge is 2.17. The molecular weight excluding hydrogens is 375 g/mol. The molecule has 10 heteroatoms. The third-order valence-corrected chi connectivity index (χ3v) is 5.82. The van der Waals surface area contributed by atoms with Gasteiger partial charge in [0.15, 0.2) is 5.82 Å². The van der Waals surface area contributed by atoms with Gasteiger partial charge in [0.2, 0.25) is 0 Å². The Bertz CT molecular complexity index is 1010. The number of imidazole rings is 1. The monoisotopic (exact) mass is 394 g/mol. The quantitative estimate of drug-likeness (QED) is 0.234. The number of nitrogens with two attached hydrogens (primary N) is 1. The Hall–Kier alpha value is -2.06. The van der Waals surface area contributed by atoms with E-state index in [2.05, 4.69) is 15.0 Å². The summed E-state index contributed by atoms with van der Waals surface area (Å²) in [5.41, 5.74) is 8.59. The van der Waals surface area contributed by atoms with Gasteiger partial charge in [-0.15, -0.1) is 11.8 Å². The Labute approximate surface area is 153 Å². The average Bonchev–Trinajstić information content (AvgIpc) is 2.97. The third-order valence-electron chi connectivity index (χ3n) is 3.82. The molecule has 0 fully saturated rings. The number of hydrogen-bond acceptors (Lipinski definition) is 5. The van der Waals surface area contributed by atoms with Gasteiger partial charge in [-0.2, -0.15) is 0 Å². The van der Waals surface area contributed by atoms with E-state index in [1.54, 1.807) is 0 Å². The van der Waals surface area contributed by atoms with Crippen LogP contribution in [-0.2, 0) is 11.0 Å². The zero-order valence-electron chi connectivity index (χ0n) is 13.8. The van der Waals surface area contributed by atoms with E-state index in [0.717, 1.165) is 11.1 Å². The lowest BCUT2D eigenvalue weighted by atomic mass is 10.1. The fourth-order valence-electron chi connectivity index (χ4n) is 2.66. The minimum atomic E-state index is -4.01. The summed E-state index contributed by atoms with van der Waals surface area (Å²) in [4.78, 5) is 39.5. The summed E-state index contributed by atoms with van der Waals surface area (Å²) in [6.07, 6.45) is 0.731. The van der Waals surface area contributed by atoms with E-state index < -0.39 is 7.60 Å². The normalized spacial score (nSPS) is 11.9. The SMILES string of the molecule is Nc1nc(SCCCP(=O)(O)O)c(Cc2ccccc2)c2[nH]c(=O)[nH]c12. The van der Waals surface area contributed by atoms with E-state index in [9.17, 15) is 9.36 Å². The lowest BCUT2D eigenvalue weighted by Gasteiger charge is -2.11. The molecule has 26 heavy (non-hydrogen) atoms. The molecule has 3 rings (SSSR count). The van der Waals surface area contributed by atoms with E-state index in [1.165, 1.54) is 11.8 Å². The summed E-state index contributed by atoms with van der Waals surface area (Å²) in [6, 6.07) is 9.76. The number of nitrogens with one attached hydrogen (secondary N) is 2. The lowest BCUT2D eigenvalue weighted by molar-refractivity contribution is 0.372. The molecule has 0 atom stereocenters. The summed E-state index contributed by atoms with van der Waals surface area (Å²) in [6.45, 7) is 0. The standard InChI is InChI=1S/C16H19N4O4PS/c17-14-13-12(18-16(21)19-13)11(9-10-5-2-1-3-6-10)15(20-14)26-8-4-7-25(22,23)24/h1-3,5-6H,4,7-9H2,(H2,17,20)(H2,18,19,21)(H2,22,23,24). The zero-order chi connectivity index (χ0) is 18.7. The van der Waals surface area contributed by atoms with E-state index in [1.807, 2.05) is 30.3 Å². The predicted molar refractivity (Wildman–Crippen MR) is 103 cm³/mol. The number of pyridine rings is 1. The molecule has 2 heterocycles. The number of hydrogen-bond donors (Lipinski definition) is 5. The summed E-state index contributed by atoms with van der Waals surface area (Å²) < 4.78 is 11.0. The lowest BCUT2D eigenvalue weighted by Crippen LogP contribution is -2.02. The molecule has 3 aromatic rings. The molecule has 6 N–H and O–H groups in total. The van der Waals surface area contributed by atoms with Crippen LogP contribution in [0.15, 0.2) is 40.2 Å². The Morgan fingerprint density at radius 3 is 2.54 bits per heavy atom. The van der Waals surface area contributed by atoms with Gasteiger partial charge in [0, 0.05) is 17.7 Å². The molecular formula is C16H19N4O4PS. The van der Waals surface area contributed by atoms with Crippen LogP contribution in [-0.4, -0.2) is 36.7 Å². The molecule has 1 aromatic carbocycles. The van der Waals surface area contributed by atoms with Crippen LogP contribution in [0.4, 0.5) is 5.82 Å². The summed E-state index contributed by atoms with van der Waals surface area (Å²) in [7, 11) is -4.01. The second-order valence-electron chi connectivity index (χ2n) is 5.86. The van der Waals surface area contributed by atoms with Gasteiger partial charge in [-0.1, -0.05) is 30.3 Å². The number of aromatic nitrogens is 3. The molecule has 2 aromatic heterocycles. The number of aromatic amines is 2. The number of fused-ring (bicyclic) bond motifs is 1. The molecule has 0 unspecified atom stereocenters. The summed E-state index contributed by atoms with van der Waals surface area (Å²) >= 11 is 1.37. The van der Waals surface area contributed by atoms with Crippen molar-refractivity contribution in [3.8, 4) is 0 Å². The molecule has 0 aliphatic rings. The Morgan fingerprint density at radius 2 is 1.85 bits per heavy atom. The number of H-pyrrole nitrogens is 2. The molecule has 0 amide bonds. The number of benzene rings is 1. The van der Waals surface area contributed by atoms with Crippen molar-refractivity contribution in [2.45, 2.75) is 17.9 Å². The predicted octanol–water partition coefficient (Wildman–Crippen LogP) is 2.08. The first-order valence-electron chi connectivity index (χ1n) is 7.95. The van der Waals surface area contributed by atoms with Crippen molar-refractivity contribution < 1.29 is 14.4 Å². The van der Waals surface area contributed by atoms with Gasteiger partial charge in [0.1, 0.15) is 10.5 Å². The van der Waals surface area contributed by atoms with Crippen molar-refractivity contribution in [3.05, 3.63) is 51.9 Å². The third kappa shape index (κ3) is 4.56. The van der Waals surface area contributed by atoms with Crippen LogP contribution in [0.3, 0.4) is 0 Å². The minimum absolute atomic E-state index is 0.174. The molecule has 0 radical (unpaired) electrons. The van der Waals surface area contributed by atoms with Gasteiger partial charge in [-0.3, -0.25) is 4.57 Å². The van der Waals surface area contributed by atoms with Crippen LogP contribution in [0.2, 0.25) is 0 Å². The van der Waals surface area contributed by atoms with Gasteiger partial charge in [0.05, 0.1) is 11.7 Å². The van der Waals surface area contributed by atoms with E-state index in [4.69, 9.17) is 15.5 Å². The Kier molecular flexibility index (Phi) is 5.52. The van der Waals surface area contributed by atoms with Crippen LogP contribution in [0.25, 0.3) is 11.0 Å². The van der Waals surface area contributed by atoms with Gasteiger partial charge in [-0.25, -0.2) is 9.78 Å². The zero-order valence-corrected chi connectivity index (χ0v) is 15.5. The van der Waals surface area contributed by atoms with Crippen LogP contribution >= 0.6 is 19.4 Å². The van der Waals surface area contributed by atoms with Gasteiger partial charge >= 0.3 is 13.3 Å². The van der Waals surface area contributed by atoms with Gasteiger partial charge < -0.3 is 25.5 Å². The molecule has 0 aliphatic carbocycles. The van der Waals surface area contributed by atoms with Crippen molar-refractivity contribution in [1.29, 1.82) is 0 Å². The largest absolute Gasteiger partial charge is 0.382 e. The second-order valence-corrected chi connectivity index (χ2v) is 8.72. The van der Waals surface area contributed by atoms with Crippen LogP contribution < -0.4 is 11.4 Å². The van der Waals surface area contributed by atoms with E-state index in [-0.39, 0.29) is 17.7 Å². The second kappa shape index (κ2) is 7.67. The topological polar surface area (TPSA) is 145 Å². The fraction of sp³-hybridized carbons (Fsp3) is 0.250. The highest BCUT2D eigenvalue weighted by molar-refractivity contribution is 7.99. The van der Waals surface area contributed by atoms with Crippen molar-refractivity contribution in [2.24, 2.45) is 0 Å². The first kappa shape index (κ1) is 18.7. The smallest absolute Gasteiger partial charge is 0.325 e. The van der Waals surface area contributed by atoms with Crippen molar-refractivity contribution in [2.75, 3.05) is 17.6 Å². The number of anilines is 1. The summed E-state index contributed by atoms with van der Waals surface area (Å²) in [5, 5.41) is 0.653. The van der Waals surface area contributed by atoms with Crippen LogP contribution in [0, 0.1) is 0 Å². The minimum Gasteiger partial charge on any atom is -0.382 e. The average molecular weight is 394 g/mol.